The average molecular weight is 443 g/mol. The predicted octanol–water partition coefficient (Wildman–Crippen LogP) is 9.20. The average Bonchev–Trinajstić information content (AvgIpc) is 2.78. The molecule has 0 aromatic heterocycles. The van der Waals surface area contributed by atoms with Crippen LogP contribution in [0.1, 0.15) is 55.5 Å². The maximum Gasteiger partial charge on any atom is -0.00236 e. The zero-order valence-electron chi connectivity index (χ0n) is 21.6. The van der Waals surface area contributed by atoms with Gasteiger partial charge in [0.1, 0.15) is 0 Å². The number of aryl methyl sites for hydroxylation is 3. The number of fused-ring (bicyclic) bond motifs is 2. The fourth-order valence-electron chi connectivity index (χ4n) is 5.66. The molecule has 0 heterocycles. The van der Waals surface area contributed by atoms with Crippen LogP contribution in [0.15, 0.2) is 61.2 Å². The van der Waals surface area contributed by atoms with Gasteiger partial charge in [0.2, 0.25) is 0 Å². The molecule has 0 aliphatic rings. The monoisotopic (exact) mass is 442 g/mol. The summed E-state index contributed by atoms with van der Waals surface area (Å²) in [5.41, 5.74) is 9.09. The first-order valence-electron chi connectivity index (χ1n) is 12.3. The molecule has 5 aromatic rings. The van der Waals surface area contributed by atoms with Gasteiger partial charge in [-0.05, 0) is 105 Å². The first-order valence-corrected chi connectivity index (χ1v) is 12.3. The van der Waals surface area contributed by atoms with Gasteiger partial charge < -0.3 is 0 Å². The Morgan fingerprint density at radius 3 is 1.97 bits per heavy atom. The number of hydrogen-bond acceptors (Lipinski definition) is 0. The van der Waals surface area contributed by atoms with Gasteiger partial charge in [-0.25, -0.2) is 0 Å². The van der Waals surface area contributed by atoms with Gasteiger partial charge in [-0.1, -0.05) is 99.2 Å². The Morgan fingerprint density at radius 1 is 0.706 bits per heavy atom. The quantitative estimate of drug-likeness (QED) is 0.189. The van der Waals surface area contributed by atoms with Crippen molar-refractivity contribution in [3.8, 4) is 11.1 Å². The summed E-state index contributed by atoms with van der Waals surface area (Å²) in [5.74, 6) is 0. The van der Waals surface area contributed by atoms with Crippen molar-refractivity contribution in [2.45, 2.75) is 53.9 Å². The van der Waals surface area contributed by atoms with Gasteiger partial charge in [0.05, 0.1) is 0 Å². The minimum atomic E-state index is 0.0778. The smallest absolute Gasteiger partial charge is 0.00236 e. The van der Waals surface area contributed by atoms with Crippen LogP contribution in [-0.2, 0) is 5.41 Å². The van der Waals surface area contributed by atoms with Crippen molar-refractivity contribution in [3.63, 3.8) is 0 Å². The summed E-state index contributed by atoms with van der Waals surface area (Å²) >= 11 is 0. The third-order valence-corrected chi connectivity index (χ3v) is 7.32. The summed E-state index contributed by atoms with van der Waals surface area (Å²) in [6.07, 6.45) is 4.33. The van der Waals surface area contributed by atoms with E-state index in [-0.39, 0.29) is 5.41 Å². The Hall–Kier alpha value is -3.38. The Balaban J connectivity index is 2.05. The molecule has 0 radical (unpaired) electrons. The SMILES string of the molecule is C=Cc1c(-c2cc(C)cc(C)c2)ccc2c1/c(=C\C)c1ccc(C)c3cc(C(C)(C)C)cc2c31. The van der Waals surface area contributed by atoms with Crippen molar-refractivity contribution in [1.82, 2.24) is 0 Å². The minimum absolute atomic E-state index is 0.0778. The Kier molecular flexibility index (Phi) is 5.17. The molecule has 0 heteroatoms. The summed E-state index contributed by atoms with van der Waals surface area (Å²) in [5, 5.41) is 9.33. The molecule has 0 N–H and O–H groups in total. The Morgan fingerprint density at radius 2 is 1.35 bits per heavy atom. The van der Waals surface area contributed by atoms with Crippen LogP contribution in [0, 0.1) is 20.8 Å². The van der Waals surface area contributed by atoms with E-state index in [9.17, 15) is 0 Å². The van der Waals surface area contributed by atoms with Gasteiger partial charge in [0.15, 0.2) is 0 Å². The lowest BCUT2D eigenvalue weighted by Gasteiger charge is -2.23. The Labute approximate surface area is 203 Å². The lowest BCUT2D eigenvalue weighted by atomic mass is 9.81. The molecular weight excluding hydrogens is 408 g/mol. The second-order valence-electron chi connectivity index (χ2n) is 10.9. The largest absolute Gasteiger partial charge is 0.0984 e. The molecule has 0 fully saturated rings. The van der Waals surface area contributed by atoms with Gasteiger partial charge in [-0.2, -0.15) is 0 Å². The third kappa shape index (κ3) is 3.36. The van der Waals surface area contributed by atoms with E-state index in [2.05, 4.69) is 122 Å². The van der Waals surface area contributed by atoms with Crippen molar-refractivity contribution >= 4 is 44.5 Å². The summed E-state index contributed by atoms with van der Waals surface area (Å²) in [4.78, 5) is 0. The van der Waals surface area contributed by atoms with E-state index < -0.39 is 0 Å². The Bertz CT molecular complexity index is 1650. The van der Waals surface area contributed by atoms with Crippen LogP contribution < -0.4 is 5.22 Å². The fourth-order valence-corrected chi connectivity index (χ4v) is 5.66. The van der Waals surface area contributed by atoms with Crippen LogP contribution in [-0.4, -0.2) is 0 Å². The predicted molar refractivity (Wildman–Crippen MR) is 153 cm³/mol. The van der Waals surface area contributed by atoms with Crippen LogP contribution in [0.2, 0.25) is 0 Å². The molecule has 0 saturated carbocycles. The van der Waals surface area contributed by atoms with Crippen molar-refractivity contribution in [1.29, 1.82) is 0 Å². The first kappa shape index (κ1) is 22.4. The van der Waals surface area contributed by atoms with Crippen LogP contribution in [0.3, 0.4) is 0 Å². The van der Waals surface area contributed by atoms with Crippen LogP contribution in [0.4, 0.5) is 0 Å². The van der Waals surface area contributed by atoms with Crippen molar-refractivity contribution in [3.05, 3.63) is 94.2 Å². The lowest BCUT2D eigenvalue weighted by molar-refractivity contribution is 0.592. The van der Waals surface area contributed by atoms with Gasteiger partial charge in [0, 0.05) is 0 Å². The number of benzene rings is 5. The van der Waals surface area contributed by atoms with E-state index in [0.29, 0.717) is 0 Å². The highest BCUT2D eigenvalue weighted by molar-refractivity contribution is 6.24. The van der Waals surface area contributed by atoms with Crippen molar-refractivity contribution in [2.75, 3.05) is 0 Å². The van der Waals surface area contributed by atoms with Crippen LogP contribution in [0.25, 0.3) is 55.6 Å². The first-order chi connectivity index (χ1) is 16.1. The topological polar surface area (TPSA) is 0 Å². The third-order valence-electron chi connectivity index (χ3n) is 7.32. The highest BCUT2D eigenvalue weighted by Gasteiger charge is 2.20. The molecular formula is C34H34. The van der Waals surface area contributed by atoms with Gasteiger partial charge in [-0.3, -0.25) is 0 Å². The molecule has 0 saturated heterocycles. The van der Waals surface area contributed by atoms with E-state index in [1.165, 1.54) is 76.5 Å². The highest BCUT2D eigenvalue weighted by Crippen LogP contribution is 2.40. The molecule has 5 aromatic carbocycles. The molecule has 0 aliphatic carbocycles. The lowest BCUT2D eigenvalue weighted by Crippen LogP contribution is -2.12. The van der Waals surface area contributed by atoms with E-state index in [4.69, 9.17) is 0 Å². The molecule has 0 atom stereocenters. The molecule has 0 aliphatic heterocycles. The minimum Gasteiger partial charge on any atom is -0.0984 e. The fraction of sp³-hybridized carbons (Fsp3) is 0.235. The van der Waals surface area contributed by atoms with E-state index in [0.717, 1.165) is 0 Å². The normalized spacial score (nSPS) is 12.9. The van der Waals surface area contributed by atoms with E-state index in [1.807, 2.05) is 0 Å². The summed E-state index contributed by atoms with van der Waals surface area (Å²) in [6.45, 7) is 19.9. The maximum atomic E-state index is 4.29. The molecule has 0 spiro atoms. The second kappa shape index (κ2) is 7.84. The molecule has 0 bridgehead atoms. The van der Waals surface area contributed by atoms with Crippen molar-refractivity contribution < 1.29 is 0 Å². The summed E-state index contributed by atoms with van der Waals surface area (Å²) in [6, 6.07) is 20.9. The van der Waals surface area contributed by atoms with Crippen molar-refractivity contribution in [2.24, 2.45) is 0 Å². The zero-order chi connectivity index (χ0) is 24.4. The number of hydrogen-bond donors (Lipinski definition) is 0. The number of rotatable bonds is 2. The molecule has 34 heavy (non-hydrogen) atoms. The molecule has 5 rings (SSSR count). The summed E-state index contributed by atoms with van der Waals surface area (Å²) in [7, 11) is 0. The van der Waals surface area contributed by atoms with Crippen LogP contribution >= 0.6 is 0 Å². The van der Waals surface area contributed by atoms with E-state index in [1.54, 1.807) is 0 Å². The zero-order valence-corrected chi connectivity index (χ0v) is 21.6. The van der Waals surface area contributed by atoms with Crippen LogP contribution in [0.5, 0.6) is 0 Å². The second-order valence-corrected chi connectivity index (χ2v) is 10.9. The molecule has 0 nitrogen and oxygen atoms in total. The molecule has 0 unspecified atom stereocenters. The standard InChI is InChI=1S/C34H34/c1-9-25-27(23-16-20(3)15-21(4)17-23)13-14-29-31-19-24(34(6,7)8)18-30-22(5)11-12-28(33(30)31)26(10-2)32(25)29/h9-19H,1H2,2-8H3/b26-10-. The van der Waals surface area contributed by atoms with E-state index >= 15 is 0 Å². The van der Waals surface area contributed by atoms with Gasteiger partial charge in [-0.15, -0.1) is 0 Å². The van der Waals surface area contributed by atoms with Gasteiger partial charge >= 0.3 is 0 Å². The summed E-state index contributed by atoms with van der Waals surface area (Å²) < 4.78 is 0. The van der Waals surface area contributed by atoms with Gasteiger partial charge in [0.25, 0.3) is 0 Å². The highest BCUT2D eigenvalue weighted by atomic mass is 14.2. The maximum absolute atomic E-state index is 4.29. The molecule has 0 amide bonds. The molecule has 170 valence electrons.